The van der Waals surface area contributed by atoms with Gasteiger partial charge in [-0.05, 0) is 28.1 Å². The number of hydrogen-bond acceptors (Lipinski definition) is 3. The number of hydrogen-bond donors (Lipinski definition) is 0. The number of esters is 1. The Bertz CT molecular complexity index is 490. The van der Waals surface area contributed by atoms with Crippen molar-refractivity contribution >= 4 is 43.3 Å². The minimum absolute atomic E-state index is 0.295. The first-order valence-electron chi connectivity index (χ1n) is 3.97. The molecular formula is C10H7BrO2S. The molecule has 0 amide bonds. The number of halogens is 1. The lowest BCUT2D eigenvalue weighted by Crippen LogP contribution is -1.99. The molecule has 2 nitrogen and oxygen atoms in total. The Morgan fingerprint density at radius 1 is 1.50 bits per heavy atom. The minimum atomic E-state index is -0.295. The number of carbonyl (C=O) groups excluding carboxylic acids is 1. The highest BCUT2D eigenvalue weighted by molar-refractivity contribution is 9.10. The van der Waals surface area contributed by atoms with E-state index in [4.69, 9.17) is 0 Å². The van der Waals surface area contributed by atoms with Gasteiger partial charge in [-0.25, -0.2) is 4.79 Å². The molecule has 0 aliphatic carbocycles. The molecule has 0 unspecified atom stereocenters. The van der Waals surface area contributed by atoms with Gasteiger partial charge < -0.3 is 4.74 Å². The summed E-state index contributed by atoms with van der Waals surface area (Å²) in [7, 11) is 1.39. The molecule has 0 N–H and O–H groups in total. The highest BCUT2D eigenvalue weighted by atomic mass is 79.9. The zero-order valence-corrected chi connectivity index (χ0v) is 9.81. The number of fused-ring (bicyclic) bond motifs is 1. The van der Waals surface area contributed by atoms with Gasteiger partial charge in [0.25, 0.3) is 0 Å². The smallest absolute Gasteiger partial charge is 0.337 e. The van der Waals surface area contributed by atoms with Gasteiger partial charge in [-0.2, -0.15) is 0 Å². The SMILES string of the molecule is COC(=O)c1ccc2c(Br)csc2c1. The number of methoxy groups -OCH3 is 1. The Hall–Kier alpha value is -0.870. The summed E-state index contributed by atoms with van der Waals surface area (Å²) in [6.07, 6.45) is 0. The largest absolute Gasteiger partial charge is 0.465 e. The van der Waals surface area contributed by atoms with Gasteiger partial charge in [0.15, 0.2) is 0 Å². The lowest BCUT2D eigenvalue weighted by molar-refractivity contribution is 0.0601. The molecule has 1 aromatic heterocycles. The fourth-order valence-electron chi connectivity index (χ4n) is 1.24. The summed E-state index contributed by atoms with van der Waals surface area (Å²) in [5.74, 6) is -0.295. The molecule has 14 heavy (non-hydrogen) atoms. The average molecular weight is 271 g/mol. The number of carbonyl (C=O) groups is 1. The van der Waals surface area contributed by atoms with Crippen LogP contribution in [-0.2, 0) is 4.74 Å². The van der Waals surface area contributed by atoms with Gasteiger partial charge in [0.05, 0.1) is 12.7 Å². The maximum absolute atomic E-state index is 11.2. The van der Waals surface area contributed by atoms with Crippen LogP contribution in [0.25, 0.3) is 10.1 Å². The van der Waals surface area contributed by atoms with Gasteiger partial charge in [-0.15, -0.1) is 11.3 Å². The molecule has 72 valence electrons. The molecular weight excluding hydrogens is 264 g/mol. The van der Waals surface area contributed by atoms with Crippen LogP contribution in [0, 0.1) is 0 Å². The molecule has 2 aromatic rings. The Morgan fingerprint density at radius 2 is 2.29 bits per heavy atom. The lowest BCUT2D eigenvalue weighted by Gasteiger charge is -1.98. The molecule has 0 fully saturated rings. The third-order valence-corrected chi connectivity index (χ3v) is 3.85. The summed E-state index contributed by atoms with van der Waals surface area (Å²) in [5, 5.41) is 3.13. The minimum Gasteiger partial charge on any atom is -0.465 e. The maximum atomic E-state index is 11.2. The zero-order valence-electron chi connectivity index (χ0n) is 7.41. The molecule has 0 atom stereocenters. The first-order chi connectivity index (χ1) is 6.72. The van der Waals surface area contributed by atoms with Crippen molar-refractivity contribution in [1.29, 1.82) is 0 Å². The average Bonchev–Trinajstić information content (AvgIpc) is 2.59. The lowest BCUT2D eigenvalue weighted by atomic mass is 10.2. The predicted octanol–water partition coefficient (Wildman–Crippen LogP) is 3.45. The second-order valence-corrected chi connectivity index (χ2v) is 4.55. The zero-order chi connectivity index (χ0) is 10.1. The van der Waals surface area contributed by atoms with Gasteiger partial charge in [-0.1, -0.05) is 6.07 Å². The van der Waals surface area contributed by atoms with Crippen LogP contribution in [0.2, 0.25) is 0 Å². The summed E-state index contributed by atoms with van der Waals surface area (Å²) in [5.41, 5.74) is 0.592. The van der Waals surface area contributed by atoms with E-state index in [1.54, 1.807) is 17.4 Å². The topological polar surface area (TPSA) is 26.3 Å². The second kappa shape index (κ2) is 3.71. The molecule has 0 spiro atoms. The molecule has 0 radical (unpaired) electrons. The summed E-state index contributed by atoms with van der Waals surface area (Å²) in [6.45, 7) is 0. The second-order valence-electron chi connectivity index (χ2n) is 2.79. The number of thiophene rings is 1. The van der Waals surface area contributed by atoms with Gasteiger partial charge in [0.1, 0.15) is 0 Å². The maximum Gasteiger partial charge on any atom is 0.337 e. The van der Waals surface area contributed by atoms with E-state index in [1.807, 2.05) is 17.5 Å². The molecule has 1 aromatic carbocycles. The molecule has 0 aliphatic rings. The number of ether oxygens (including phenoxy) is 1. The highest BCUT2D eigenvalue weighted by Gasteiger charge is 2.07. The van der Waals surface area contributed by atoms with Crippen LogP contribution in [-0.4, -0.2) is 13.1 Å². The van der Waals surface area contributed by atoms with Crippen molar-refractivity contribution in [1.82, 2.24) is 0 Å². The van der Waals surface area contributed by atoms with E-state index in [9.17, 15) is 4.79 Å². The predicted molar refractivity (Wildman–Crippen MR) is 60.9 cm³/mol. The van der Waals surface area contributed by atoms with Gasteiger partial charge in [-0.3, -0.25) is 0 Å². The van der Waals surface area contributed by atoms with E-state index >= 15 is 0 Å². The summed E-state index contributed by atoms with van der Waals surface area (Å²) in [6, 6.07) is 5.53. The standard InChI is InChI=1S/C10H7BrO2S/c1-13-10(12)6-2-3-7-8(11)5-14-9(7)4-6/h2-5H,1H3. The Morgan fingerprint density at radius 3 is 3.00 bits per heavy atom. The van der Waals surface area contributed by atoms with Crippen LogP contribution < -0.4 is 0 Å². The molecule has 0 aliphatic heterocycles. The van der Waals surface area contributed by atoms with Gasteiger partial charge in [0, 0.05) is 19.9 Å². The van der Waals surface area contributed by atoms with Crippen molar-refractivity contribution in [3.8, 4) is 0 Å². The molecule has 0 bridgehead atoms. The summed E-state index contributed by atoms with van der Waals surface area (Å²) < 4.78 is 6.79. The Kier molecular flexibility index (Phi) is 2.56. The Balaban J connectivity index is 2.57. The first kappa shape index (κ1) is 9.68. The highest BCUT2D eigenvalue weighted by Crippen LogP contribution is 2.30. The van der Waals surface area contributed by atoms with Crippen LogP contribution in [0.4, 0.5) is 0 Å². The quantitative estimate of drug-likeness (QED) is 0.742. The van der Waals surface area contributed by atoms with Crippen LogP contribution in [0.1, 0.15) is 10.4 Å². The molecule has 0 saturated carbocycles. The summed E-state index contributed by atoms with van der Waals surface area (Å²) in [4.78, 5) is 11.2. The number of benzene rings is 1. The summed E-state index contributed by atoms with van der Waals surface area (Å²) >= 11 is 5.04. The number of rotatable bonds is 1. The van der Waals surface area contributed by atoms with Crippen molar-refractivity contribution in [2.75, 3.05) is 7.11 Å². The van der Waals surface area contributed by atoms with Crippen molar-refractivity contribution in [3.05, 3.63) is 33.6 Å². The van der Waals surface area contributed by atoms with E-state index in [1.165, 1.54) is 7.11 Å². The first-order valence-corrected chi connectivity index (χ1v) is 5.64. The fraction of sp³-hybridized carbons (Fsp3) is 0.100. The molecule has 1 heterocycles. The van der Waals surface area contributed by atoms with Gasteiger partial charge >= 0.3 is 5.97 Å². The molecule has 0 saturated heterocycles. The van der Waals surface area contributed by atoms with E-state index in [0.29, 0.717) is 5.56 Å². The van der Waals surface area contributed by atoms with E-state index < -0.39 is 0 Å². The van der Waals surface area contributed by atoms with Crippen molar-refractivity contribution in [2.45, 2.75) is 0 Å². The normalized spacial score (nSPS) is 10.4. The van der Waals surface area contributed by atoms with E-state index in [2.05, 4.69) is 20.7 Å². The van der Waals surface area contributed by atoms with Crippen molar-refractivity contribution < 1.29 is 9.53 Å². The molecule has 2 rings (SSSR count). The Labute approximate surface area is 93.6 Å². The van der Waals surface area contributed by atoms with Crippen molar-refractivity contribution in [3.63, 3.8) is 0 Å². The van der Waals surface area contributed by atoms with Crippen LogP contribution in [0.3, 0.4) is 0 Å². The third kappa shape index (κ3) is 1.55. The van der Waals surface area contributed by atoms with Crippen LogP contribution in [0.5, 0.6) is 0 Å². The fourth-order valence-corrected chi connectivity index (χ4v) is 2.86. The third-order valence-electron chi connectivity index (χ3n) is 1.95. The monoisotopic (exact) mass is 270 g/mol. The van der Waals surface area contributed by atoms with E-state index in [0.717, 1.165) is 14.6 Å². The van der Waals surface area contributed by atoms with Gasteiger partial charge in [0.2, 0.25) is 0 Å². The van der Waals surface area contributed by atoms with E-state index in [-0.39, 0.29) is 5.97 Å². The molecule has 4 heteroatoms. The van der Waals surface area contributed by atoms with Crippen LogP contribution >= 0.6 is 27.3 Å². The van der Waals surface area contributed by atoms with Crippen molar-refractivity contribution in [2.24, 2.45) is 0 Å². The van der Waals surface area contributed by atoms with Crippen LogP contribution in [0.15, 0.2) is 28.1 Å².